The van der Waals surface area contributed by atoms with Crippen LogP contribution < -0.4 is 0 Å². The molecule has 2 rings (SSSR count). The molecule has 0 saturated carbocycles. The van der Waals surface area contributed by atoms with Crippen LogP contribution in [0.5, 0.6) is 0 Å². The summed E-state index contributed by atoms with van der Waals surface area (Å²) in [5, 5.41) is 1.62. The van der Waals surface area contributed by atoms with Gasteiger partial charge < -0.3 is 14.3 Å². The van der Waals surface area contributed by atoms with Crippen LogP contribution in [-0.4, -0.2) is 49.4 Å². The highest BCUT2D eigenvalue weighted by molar-refractivity contribution is 5.89. The lowest BCUT2D eigenvalue weighted by molar-refractivity contribution is -0.173. The van der Waals surface area contributed by atoms with Crippen molar-refractivity contribution in [2.75, 3.05) is 26.8 Å². The molecule has 0 atom stereocenters. The Morgan fingerprint density at radius 3 is 2.39 bits per heavy atom. The minimum atomic E-state index is -0.540. The first kappa shape index (κ1) is 17.4. The van der Waals surface area contributed by atoms with Crippen LogP contribution in [0.15, 0.2) is 30.3 Å². The molecule has 1 aromatic rings. The number of hydrogen-bond donors (Lipinski definition) is 0. The lowest BCUT2D eigenvalue weighted by Crippen LogP contribution is -2.47. The van der Waals surface area contributed by atoms with Gasteiger partial charge in [0.05, 0.1) is 24.2 Å². The molecule has 0 unspecified atom stereocenters. The average molecular weight is 321 g/mol. The predicted molar refractivity (Wildman–Crippen MR) is 83.7 cm³/mol. The number of hydroxylamine groups is 2. The molecule has 1 aliphatic rings. The molecule has 0 aromatic heterocycles. The predicted octanol–water partition coefficient (Wildman–Crippen LogP) is 2.19. The Morgan fingerprint density at radius 2 is 1.83 bits per heavy atom. The van der Waals surface area contributed by atoms with E-state index in [-0.39, 0.29) is 18.4 Å². The molecule has 0 bridgehead atoms. The molecule has 0 N–H and O–H groups in total. The van der Waals surface area contributed by atoms with Gasteiger partial charge in [-0.05, 0) is 31.9 Å². The number of benzene rings is 1. The van der Waals surface area contributed by atoms with E-state index in [0.717, 1.165) is 0 Å². The fourth-order valence-electron chi connectivity index (χ4n) is 2.66. The summed E-state index contributed by atoms with van der Waals surface area (Å²) >= 11 is 0. The fraction of sp³-hybridized carbons (Fsp3) is 0.529. The largest absolute Gasteiger partial charge is 0.466 e. The van der Waals surface area contributed by atoms with Crippen molar-refractivity contribution in [2.24, 2.45) is 0 Å². The minimum absolute atomic E-state index is 0.220. The van der Waals surface area contributed by atoms with Crippen molar-refractivity contribution in [3.05, 3.63) is 35.9 Å². The van der Waals surface area contributed by atoms with Crippen LogP contribution in [0.25, 0.3) is 0 Å². The summed E-state index contributed by atoms with van der Waals surface area (Å²) in [6.07, 6.45) is 1.42. The third kappa shape index (κ3) is 4.77. The van der Waals surface area contributed by atoms with Gasteiger partial charge in [0.1, 0.15) is 0 Å². The van der Waals surface area contributed by atoms with E-state index < -0.39 is 5.60 Å². The lowest BCUT2D eigenvalue weighted by Gasteiger charge is -2.39. The number of hydrogen-bond acceptors (Lipinski definition) is 6. The second kappa shape index (κ2) is 8.08. The molecule has 1 aromatic carbocycles. The van der Waals surface area contributed by atoms with Gasteiger partial charge in [-0.1, -0.05) is 18.2 Å². The van der Waals surface area contributed by atoms with Crippen molar-refractivity contribution < 1.29 is 23.9 Å². The molecule has 1 heterocycles. The van der Waals surface area contributed by atoms with Crippen molar-refractivity contribution in [1.82, 2.24) is 5.06 Å². The van der Waals surface area contributed by atoms with Crippen LogP contribution in [0, 0.1) is 0 Å². The van der Waals surface area contributed by atoms with Gasteiger partial charge >= 0.3 is 11.9 Å². The molecule has 1 saturated heterocycles. The number of carbonyl (C=O) groups is 2. The molecule has 1 fully saturated rings. The Kier molecular flexibility index (Phi) is 6.12. The third-order valence-electron chi connectivity index (χ3n) is 4.06. The quantitative estimate of drug-likeness (QED) is 0.748. The SMILES string of the molecule is CCOC(=O)CC1(OC)CCN(OC(=O)c2ccccc2)CC1. The normalized spacial score (nSPS) is 17.5. The van der Waals surface area contributed by atoms with E-state index in [1.807, 2.05) is 6.07 Å². The van der Waals surface area contributed by atoms with Gasteiger partial charge in [0.25, 0.3) is 0 Å². The van der Waals surface area contributed by atoms with Gasteiger partial charge in [0, 0.05) is 20.2 Å². The van der Waals surface area contributed by atoms with Gasteiger partial charge in [-0.15, -0.1) is 5.06 Å². The summed E-state index contributed by atoms with van der Waals surface area (Å²) in [6.45, 7) is 3.18. The van der Waals surface area contributed by atoms with E-state index in [4.69, 9.17) is 14.3 Å². The molecule has 1 aliphatic heterocycles. The summed E-state index contributed by atoms with van der Waals surface area (Å²) in [7, 11) is 1.60. The molecule has 0 radical (unpaired) electrons. The van der Waals surface area contributed by atoms with Crippen molar-refractivity contribution >= 4 is 11.9 Å². The summed E-state index contributed by atoms with van der Waals surface area (Å²) in [5.74, 6) is -0.634. The fourth-order valence-corrected chi connectivity index (χ4v) is 2.66. The second-order valence-corrected chi connectivity index (χ2v) is 5.54. The Hall–Kier alpha value is -1.92. The molecule has 6 heteroatoms. The summed E-state index contributed by atoms with van der Waals surface area (Å²) in [6, 6.07) is 8.86. The molecule has 6 nitrogen and oxygen atoms in total. The number of methoxy groups -OCH3 is 1. The number of piperidine rings is 1. The number of ether oxygens (including phenoxy) is 2. The highest BCUT2D eigenvalue weighted by atomic mass is 16.7. The van der Waals surface area contributed by atoms with E-state index in [1.54, 1.807) is 43.4 Å². The van der Waals surface area contributed by atoms with Crippen LogP contribution in [0.4, 0.5) is 0 Å². The highest BCUT2D eigenvalue weighted by Gasteiger charge is 2.38. The van der Waals surface area contributed by atoms with Crippen LogP contribution in [0.2, 0.25) is 0 Å². The van der Waals surface area contributed by atoms with Crippen LogP contribution in [-0.2, 0) is 19.1 Å². The number of carbonyl (C=O) groups excluding carboxylic acids is 2. The number of nitrogens with zero attached hydrogens (tertiary/aromatic N) is 1. The van der Waals surface area contributed by atoms with Gasteiger partial charge in [0.15, 0.2) is 0 Å². The first-order chi connectivity index (χ1) is 11.1. The summed E-state index contributed by atoms with van der Waals surface area (Å²) in [4.78, 5) is 29.1. The van der Waals surface area contributed by atoms with Crippen LogP contribution in [0.3, 0.4) is 0 Å². The standard InChI is InChI=1S/C17H23NO5/c1-3-22-15(19)13-17(21-2)9-11-18(12-10-17)23-16(20)14-7-5-4-6-8-14/h4-8H,3,9-13H2,1-2H3. The van der Waals surface area contributed by atoms with E-state index >= 15 is 0 Å². The van der Waals surface area contributed by atoms with E-state index in [1.165, 1.54) is 0 Å². The number of esters is 1. The zero-order chi connectivity index (χ0) is 16.7. The van der Waals surface area contributed by atoms with Gasteiger partial charge in [-0.25, -0.2) is 4.79 Å². The minimum Gasteiger partial charge on any atom is -0.466 e. The topological polar surface area (TPSA) is 65.1 Å². The molecule has 0 spiro atoms. The molecular weight excluding hydrogens is 298 g/mol. The Balaban J connectivity index is 1.87. The van der Waals surface area contributed by atoms with Crippen LogP contribution >= 0.6 is 0 Å². The maximum Gasteiger partial charge on any atom is 0.357 e. The third-order valence-corrected chi connectivity index (χ3v) is 4.06. The lowest BCUT2D eigenvalue weighted by atomic mass is 9.88. The van der Waals surface area contributed by atoms with E-state index in [0.29, 0.717) is 38.1 Å². The molecule has 126 valence electrons. The zero-order valence-corrected chi connectivity index (χ0v) is 13.6. The Morgan fingerprint density at radius 1 is 1.17 bits per heavy atom. The zero-order valence-electron chi connectivity index (χ0n) is 13.6. The van der Waals surface area contributed by atoms with Gasteiger partial charge in [-0.3, -0.25) is 4.79 Å². The molecule has 0 aliphatic carbocycles. The highest BCUT2D eigenvalue weighted by Crippen LogP contribution is 2.30. The molecule has 23 heavy (non-hydrogen) atoms. The molecular formula is C17H23NO5. The maximum absolute atomic E-state index is 12.0. The second-order valence-electron chi connectivity index (χ2n) is 5.54. The summed E-state index contributed by atoms with van der Waals surface area (Å²) < 4.78 is 10.6. The first-order valence-corrected chi connectivity index (χ1v) is 7.81. The number of rotatable bonds is 6. The monoisotopic (exact) mass is 321 g/mol. The smallest absolute Gasteiger partial charge is 0.357 e. The Labute approximate surface area is 136 Å². The molecule has 0 amide bonds. The van der Waals surface area contributed by atoms with Crippen molar-refractivity contribution in [3.8, 4) is 0 Å². The van der Waals surface area contributed by atoms with Crippen LogP contribution in [0.1, 0.15) is 36.5 Å². The van der Waals surface area contributed by atoms with Gasteiger partial charge in [-0.2, -0.15) is 0 Å². The average Bonchev–Trinajstić information content (AvgIpc) is 2.58. The first-order valence-electron chi connectivity index (χ1n) is 7.81. The van der Waals surface area contributed by atoms with Crippen molar-refractivity contribution in [2.45, 2.75) is 31.8 Å². The van der Waals surface area contributed by atoms with Gasteiger partial charge in [0.2, 0.25) is 0 Å². The van der Waals surface area contributed by atoms with Crippen molar-refractivity contribution in [3.63, 3.8) is 0 Å². The van der Waals surface area contributed by atoms with E-state index in [9.17, 15) is 9.59 Å². The summed E-state index contributed by atoms with van der Waals surface area (Å²) in [5.41, 5.74) is -0.0235. The maximum atomic E-state index is 12.0. The van der Waals surface area contributed by atoms with Crippen molar-refractivity contribution in [1.29, 1.82) is 0 Å². The Bertz CT molecular complexity index is 523. The van der Waals surface area contributed by atoms with E-state index in [2.05, 4.69) is 0 Å².